The molecule has 0 saturated heterocycles. The van der Waals surface area contributed by atoms with Crippen molar-refractivity contribution in [2.75, 3.05) is 13.1 Å². The summed E-state index contributed by atoms with van der Waals surface area (Å²) in [5.74, 6) is -0.154. The van der Waals surface area contributed by atoms with E-state index in [-0.39, 0.29) is 21.8 Å². The molecule has 0 aliphatic heterocycles. The van der Waals surface area contributed by atoms with Gasteiger partial charge in [-0.15, -0.1) is 0 Å². The lowest BCUT2D eigenvalue weighted by Gasteiger charge is -2.26. The van der Waals surface area contributed by atoms with E-state index in [1.54, 1.807) is 0 Å². The van der Waals surface area contributed by atoms with E-state index in [1.165, 1.54) is 10.4 Å². The first-order chi connectivity index (χ1) is 9.14. The zero-order valence-electron chi connectivity index (χ0n) is 12.2. The molecule has 0 radical (unpaired) electrons. The molecule has 0 amide bonds. The molecule has 114 valence electrons. The number of benzene rings is 1. The summed E-state index contributed by atoms with van der Waals surface area (Å²) in [5.41, 5.74) is 0. The standard InChI is InChI=1S/C14H21ClFNO2S/c1-10(2)8-17(9-11(3)4)20(18,19)14-6-5-12(16)7-13(14)15/h5-7,10-11H,8-9H2,1-4H3. The molecule has 6 heteroatoms. The fourth-order valence-electron chi connectivity index (χ4n) is 1.91. The van der Waals surface area contributed by atoms with Crippen LogP contribution in [0.25, 0.3) is 0 Å². The summed E-state index contributed by atoms with van der Waals surface area (Å²) in [5, 5.41) is -0.0810. The third-order valence-electron chi connectivity index (χ3n) is 2.65. The summed E-state index contributed by atoms with van der Waals surface area (Å²) >= 11 is 5.89. The van der Waals surface area contributed by atoms with Crippen LogP contribution in [0, 0.1) is 17.7 Å². The second-order valence-electron chi connectivity index (χ2n) is 5.68. The van der Waals surface area contributed by atoms with Gasteiger partial charge in [0.1, 0.15) is 10.7 Å². The molecule has 20 heavy (non-hydrogen) atoms. The predicted octanol–water partition coefficient (Wildman–Crippen LogP) is 3.78. The lowest BCUT2D eigenvalue weighted by atomic mass is 10.2. The van der Waals surface area contributed by atoms with Crippen molar-refractivity contribution in [1.29, 1.82) is 0 Å². The van der Waals surface area contributed by atoms with Crippen molar-refractivity contribution in [3.05, 3.63) is 29.0 Å². The number of rotatable bonds is 6. The van der Waals surface area contributed by atoms with Crippen molar-refractivity contribution in [2.45, 2.75) is 32.6 Å². The smallest absolute Gasteiger partial charge is 0.207 e. The summed E-state index contributed by atoms with van der Waals surface area (Å²) in [4.78, 5) is -0.0399. The van der Waals surface area contributed by atoms with Crippen LogP contribution in [-0.2, 0) is 10.0 Å². The number of hydrogen-bond acceptors (Lipinski definition) is 2. The van der Waals surface area contributed by atoms with Crippen LogP contribution in [0.4, 0.5) is 4.39 Å². The molecule has 0 aromatic heterocycles. The first-order valence-electron chi connectivity index (χ1n) is 6.59. The molecule has 0 unspecified atom stereocenters. The van der Waals surface area contributed by atoms with Gasteiger partial charge in [-0.05, 0) is 30.0 Å². The number of nitrogens with zero attached hydrogens (tertiary/aromatic N) is 1. The Kier molecular flexibility index (Phi) is 5.98. The van der Waals surface area contributed by atoms with Crippen molar-refractivity contribution in [3.63, 3.8) is 0 Å². The fourth-order valence-corrected chi connectivity index (χ4v) is 4.18. The van der Waals surface area contributed by atoms with Crippen molar-refractivity contribution in [3.8, 4) is 0 Å². The topological polar surface area (TPSA) is 37.4 Å². The third-order valence-corrected chi connectivity index (χ3v) is 4.96. The van der Waals surface area contributed by atoms with Gasteiger partial charge in [0.15, 0.2) is 0 Å². The molecule has 0 heterocycles. The molecule has 0 spiro atoms. The Balaban J connectivity index is 3.21. The Morgan fingerprint density at radius 1 is 1.15 bits per heavy atom. The summed E-state index contributed by atoms with van der Waals surface area (Å²) in [6.45, 7) is 8.64. The van der Waals surface area contributed by atoms with Crippen LogP contribution >= 0.6 is 11.6 Å². The van der Waals surface area contributed by atoms with Crippen molar-refractivity contribution >= 4 is 21.6 Å². The molecule has 0 aliphatic carbocycles. The van der Waals surface area contributed by atoms with Gasteiger partial charge in [-0.1, -0.05) is 39.3 Å². The third kappa shape index (κ3) is 4.43. The quantitative estimate of drug-likeness (QED) is 0.799. The Morgan fingerprint density at radius 2 is 1.65 bits per heavy atom. The molecular formula is C14H21ClFNO2S. The van der Waals surface area contributed by atoms with Gasteiger partial charge in [-0.3, -0.25) is 0 Å². The Bertz CT molecular complexity index is 548. The fraction of sp³-hybridized carbons (Fsp3) is 0.571. The van der Waals surface area contributed by atoms with Crippen LogP contribution in [0.5, 0.6) is 0 Å². The summed E-state index contributed by atoms with van der Waals surface area (Å²) in [6, 6.07) is 3.36. The SMILES string of the molecule is CC(C)CN(CC(C)C)S(=O)(=O)c1ccc(F)cc1Cl. The van der Waals surface area contributed by atoms with Gasteiger partial charge in [0.2, 0.25) is 10.0 Å². The van der Waals surface area contributed by atoms with E-state index in [2.05, 4.69) is 0 Å². The maximum atomic E-state index is 13.1. The van der Waals surface area contributed by atoms with E-state index >= 15 is 0 Å². The van der Waals surface area contributed by atoms with Crippen LogP contribution in [-0.4, -0.2) is 25.8 Å². The van der Waals surface area contributed by atoms with E-state index in [0.29, 0.717) is 13.1 Å². The Labute approximate surface area is 125 Å². The molecular weight excluding hydrogens is 301 g/mol. The minimum Gasteiger partial charge on any atom is -0.207 e. The van der Waals surface area contributed by atoms with Crippen LogP contribution in [0.2, 0.25) is 5.02 Å². The Morgan fingerprint density at radius 3 is 2.05 bits per heavy atom. The maximum Gasteiger partial charge on any atom is 0.244 e. The Hall–Kier alpha value is -0.650. The van der Waals surface area contributed by atoms with Gasteiger partial charge in [0.05, 0.1) is 5.02 Å². The van der Waals surface area contributed by atoms with Gasteiger partial charge >= 0.3 is 0 Å². The van der Waals surface area contributed by atoms with Crippen molar-refractivity contribution in [2.24, 2.45) is 11.8 Å². The van der Waals surface area contributed by atoms with Crippen LogP contribution in [0.1, 0.15) is 27.7 Å². The van der Waals surface area contributed by atoms with Crippen LogP contribution in [0.3, 0.4) is 0 Å². The lowest BCUT2D eigenvalue weighted by Crippen LogP contribution is -2.37. The molecule has 1 rings (SSSR count). The van der Waals surface area contributed by atoms with Gasteiger partial charge in [0, 0.05) is 13.1 Å². The highest BCUT2D eigenvalue weighted by Gasteiger charge is 2.28. The molecule has 0 fully saturated rings. The zero-order chi connectivity index (χ0) is 15.5. The number of halogens is 2. The summed E-state index contributed by atoms with van der Waals surface area (Å²) < 4.78 is 39.8. The zero-order valence-corrected chi connectivity index (χ0v) is 13.8. The highest BCUT2D eigenvalue weighted by atomic mass is 35.5. The molecule has 0 atom stereocenters. The van der Waals surface area contributed by atoms with E-state index in [9.17, 15) is 12.8 Å². The molecule has 3 nitrogen and oxygen atoms in total. The monoisotopic (exact) mass is 321 g/mol. The minimum absolute atomic E-state index is 0.0399. The van der Waals surface area contributed by atoms with Gasteiger partial charge in [-0.2, -0.15) is 4.31 Å². The van der Waals surface area contributed by atoms with E-state index in [4.69, 9.17) is 11.6 Å². The van der Waals surface area contributed by atoms with Gasteiger partial charge < -0.3 is 0 Å². The summed E-state index contributed by atoms with van der Waals surface area (Å²) in [6.07, 6.45) is 0. The first kappa shape index (κ1) is 17.4. The largest absolute Gasteiger partial charge is 0.244 e. The van der Waals surface area contributed by atoms with Crippen LogP contribution in [0.15, 0.2) is 23.1 Å². The van der Waals surface area contributed by atoms with E-state index in [1.807, 2.05) is 27.7 Å². The molecule has 0 N–H and O–H groups in total. The summed E-state index contributed by atoms with van der Waals surface area (Å²) in [7, 11) is -3.70. The molecule has 0 bridgehead atoms. The average molecular weight is 322 g/mol. The average Bonchev–Trinajstić information content (AvgIpc) is 2.26. The first-order valence-corrected chi connectivity index (χ1v) is 8.41. The highest BCUT2D eigenvalue weighted by Crippen LogP contribution is 2.26. The van der Waals surface area contributed by atoms with Crippen molar-refractivity contribution < 1.29 is 12.8 Å². The number of hydrogen-bond donors (Lipinski definition) is 0. The van der Waals surface area contributed by atoms with Gasteiger partial charge in [-0.25, -0.2) is 12.8 Å². The van der Waals surface area contributed by atoms with Crippen molar-refractivity contribution in [1.82, 2.24) is 4.31 Å². The highest BCUT2D eigenvalue weighted by molar-refractivity contribution is 7.89. The second-order valence-corrected chi connectivity index (χ2v) is 8.00. The second kappa shape index (κ2) is 6.87. The molecule has 0 aliphatic rings. The van der Waals surface area contributed by atoms with Crippen LogP contribution < -0.4 is 0 Å². The van der Waals surface area contributed by atoms with E-state index in [0.717, 1.165) is 12.1 Å². The number of sulfonamides is 1. The normalized spacial score (nSPS) is 12.7. The molecule has 1 aromatic carbocycles. The molecule has 0 saturated carbocycles. The van der Waals surface area contributed by atoms with E-state index < -0.39 is 15.8 Å². The predicted molar refractivity (Wildman–Crippen MR) is 79.8 cm³/mol. The molecule has 1 aromatic rings. The lowest BCUT2D eigenvalue weighted by molar-refractivity contribution is 0.333. The minimum atomic E-state index is -3.70. The van der Waals surface area contributed by atoms with Gasteiger partial charge in [0.25, 0.3) is 0 Å². The maximum absolute atomic E-state index is 13.1.